The van der Waals surface area contributed by atoms with Crippen molar-refractivity contribution < 1.29 is 33.5 Å². The Balaban J connectivity index is 4.32. The van der Waals surface area contributed by atoms with Gasteiger partial charge in [-0.25, -0.2) is 4.57 Å². The second kappa shape index (κ2) is 37.3. The minimum Gasteiger partial charge on any atom is -0.393 e. The Morgan fingerprint density at radius 2 is 1.12 bits per heavy atom. The number of carbonyl (C=O) groups excluding carboxylic acids is 1. The van der Waals surface area contributed by atoms with Crippen LogP contribution in [0, 0.1) is 0 Å². The van der Waals surface area contributed by atoms with Gasteiger partial charge >= 0.3 is 7.82 Å². The number of phosphoric ester groups is 1. The van der Waals surface area contributed by atoms with Crippen molar-refractivity contribution >= 4 is 13.7 Å². The molecular formula is C41H81N2O7P. The molecule has 51 heavy (non-hydrogen) atoms. The van der Waals surface area contributed by atoms with Crippen LogP contribution in [0.1, 0.15) is 194 Å². The molecule has 0 radical (unpaired) electrons. The number of rotatable bonds is 39. The molecule has 0 spiro atoms. The summed E-state index contributed by atoms with van der Waals surface area (Å²) in [6, 6.07) is -0.994. The third-order valence-electron chi connectivity index (χ3n) is 9.33. The number of phosphoric acid groups is 1. The quantitative estimate of drug-likeness (QED) is 0.0237. The van der Waals surface area contributed by atoms with Crippen LogP contribution >= 0.6 is 7.82 Å². The van der Waals surface area contributed by atoms with Crippen molar-refractivity contribution in [2.24, 2.45) is 5.73 Å². The maximum absolute atomic E-state index is 12.8. The zero-order valence-corrected chi connectivity index (χ0v) is 33.9. The molecule has 0 aromatic rings. The van der Waals surface area contributed by atoms with Crippen molar-refractivity contribution in [2.45, 2.75) is 212 Å². The van der Waals surface area contributed by atoms with Gasteiger partial charge in [-0.05, 0) is 32.1 Å². The molecule has 0 rings (SSSR count). The number of carbonyl (C=O) groups is 1. The Hall–Kier alpha value is -1.06. The summed E-state index contributed by atoms with van der Waals surface area (Å²) < 4.78 is 22.0. The molecular weight excluding hydrogens is 663 g/mol. The summed E-state index contributed by atoms with van der Waals surface area (Å²) in [6.07, 6.45) is 38.4. The predicted octanol–water partition coefficient (Wildman–Crippen LogP) is 10.4. The molecule has 0 aliphatic rings. The molecule has 0 aliphatic carbocycles. The molecule has 0 saturated heterocycles. The minimum absolute atomic E-state index is 0.0458. The average Bonchev–Trinajstić information content (AvgIpc) is 3.10. The van der Waals surface area contributed by atoms with Gasteiger partial charge < -0.3 is 26.2 Å². The van der Waals surface area contributed by atoms with Gasteiger partial charge in [0.2, 0.25) is 5.91 Å². The van der Waals surface area contributed by atoms with Crippen molar-refractivity contribution in [2.75, 3.05) is 19.8 Å². The summed E-state index contributed by atoms with van der Waals surface area (Å²) in [5.74, 6) is -0.455. The number of aliphatic hydroxyl groups is 2. The Morgan fingerprint density at radius 1 is 0.667 bits per heavy atom. The molecule has 302 valence electrons. The van der Waals surface area contributed by atoms with E-state index < -0.39 is 38.6 Å². The molecule has 0 saturated carbocycles. The zero-order valence-electron chi connectivity index (χ0n) is 33.0. The molecule has 0 aromatic heterocycles. The third kappa shape index (κ3) is 35.7. The van der Waals surface area contributed by atoms with Crippen LogP contribution in [0.5, 0.6) is 0 Å². The molecule has 9 nitrogen and oxygen atoms in total. The van der Waals surface area contributed by atoms with Crippen LogP contribution in [0.15, 0.2) is 24.3 Å². The second-order valence-electron chi connectivity index (χ2n) is 14.4. The minimum atomic E-state index is -4.40. The molecule has 0 bridgehead atoms. The van der Waals surface area contributed by atoms with Crippen LogP contribution in [0.4, 0.5) is 0 Å². The predicted molar refractivity (Wildman–Crippen MR) is 214 cm³/mol. The maximum Gasteiger partial charge on any atom is 0.472 e. The first-order valence-electron chi connectivity index (χ1n) is 21.0. The number of aliphatic hydroxyl groups excluding tert-OH is 2. The number of hydrogen-bond acceptors (Lipinski definition) is 7. The van der Waals surface area contributed by atoms with Gasteiger partial charge in [-0.15, -0.1) is 0 Å². The van der Waals surface area contributed by atoms with Gasteiger partial charge in [-0.2, -0.15) is 0 Å². The van der Waals surface area contributed by atoms with E-state index in [1.54, 1.807) is 6.08 Å². The fourth-order valence-electron chi connectivity index (χ4n) is 6.13. The second-order valence-corrected chi connectivity index (χ2v) is 15.8. The summed E-state index contributed by atoms with van der Waals surface area (Å²) in [5, 5.41) is 24.0. The average molecular weight is 745 g/mol. The number of allylic oxidation sites excluding steroid dienone is 3. The largest absolute Gasteiger partial charge is 0.472 e. The van der Waals surface area contributed by atoms with E-state index in [-0.39, 0.29) is 19.6 Å². The Labute approximate surface area is 313 Å². The van der Waals surface area contributed by atoms with Gasteiger partial charge in [0.1, 0.15) is 0 Å². The van der Waals surface area contributed by atoms with E-state index >= 15 is 0 Å². The van der Waals surface area contributed by atoms with Gasteiger partial charge in [-0.3, -0.25) is 13.8 Å². The molecule has 4 atom stereocenters. The molecule has 10 heteroatoms. The van der Waals surface area contributed by atoms with Gasteiger partial charge in [0.25, 0.3) is 0 Å². The highest BCUT2D eigenvalue weighted by Crippen LogP contribution is 2.43. The summed E-state index contributed by atoms with van der Waals surface area (Å²) >= 11 is 0. The smallest absolute Gasteiger partial charge is 0.393 e. The van der Waals surface area contributed by atoms with Crippen molar-refractivity contribution in [3.8, 4) is 0 Å². The van der Waals surface area contributed by atoms with Crippen molar-refractivity contribution in [3.63, 3.8) is 0 Å². The van der Waals surface area contributed by atoms with Crippen molar-refractivity contribution in [1.29, 1.82) is 0 Å². The summed E-state index contributed by atoms with van der Waals surface area (Å²) in [5.41, 5.74) is 5.35. The van der Waals surface area contributed by atoms with Crippen molar-refractivity contribution in [3.05, 3.63) is 24.3 Å². The molecule has 0 aromatic carbocycles. The third-order valence-corrected chi connectivity index (χ3v) is 10.3. The number of unbranched alkanes of at least 4 members (excludes halogenated alkanes) is 23. The Kier molecular flexibility index (Phi) is 36.5. The first-order valence-corrected chi connectivity index (χ1v) is 22.5. The van der Waals surface area contributed by atoms with Gasteiger partial charge in [0.15, 0.2) is 0 Å². The number of nitrogens with one attached hydrogen (secondary N) is 1. The van der Waals surface area contributed by atoms with E-state index in [4.69, 9.17) is 14.8 Å². The van der Waals surface area contributed by atoms with Gasteiger partial charge in [0.05, 0.1) is 37.9 Å². The van der Waals surface area contributed by atoms with Crippen LogP contribution in [0.3, 0.4) is 0 Å². The first-order chi connectivity index (χ1) is 24.8. The van der Waals surface area contributed by atoms with Crippen LogP contribution in [-0.4, -0.2) is 59.0 Å². The standard InChI is InChI=1S/C41H81N2O7P/c1-3-5-7-9-11-13-15-17-18-19-20-21-22-24-26-28-30-32-38(44)36-41(46)43-39(37-50-51(47,48)49-35-34-42)40(45)33-31-29-27-25-23-16-14-12-10-8-6-4-2/h23,25,31,33,38-40,44-45H,3-22,24,26-30,32,34-37,42H2,1-2H3,(H,43,46)(H,47,48)/b25-23+,33-31+. The topological polar surface area (TPSA) is 151 Å². The summed E-state index contributed by atoms with van der Waals surface area (Å²) in [6.45, 7) is 3.93. The summed E-state index contributed by atoms with van der Waals surface area (Å²) in [4.78, 5) is 22.7. The lowest BCUT2D eigenvalue weighted by molar-refractivity contribution is -0.124. The number of nitrogens with two attached hydrogens (primary N) is 1. The lowest BCUT2D eigenvalue weighted by Crippen LogP contribution is -2.46. The van der Waals surface area contributed by atoms with Crippen LogP contribution in [-0.2, 0) is 18.4 Å². The highest BCUT2D eigenvalue weighted by molar-refractivity contribution is 7.47. The van der Waals surface area contributed by atoms with E-state index in [1.807, 2.05) is 6.08 Å². The van der Waals surface area contributed by atoms with E-state index in [0.29, 0.717) is 12.8 Å². The lowest BCUT2D eigenvalue weighted by Gasteiger charge is -2.24. The van der Waals surface area contributed by atoms with Crippen molar-refractivity contribution in [1.82, 2.24) is 5.32 Å². The van der Waals surface area contributed by atoms with Gasteiger partial charge in [0, 0.05) is 6.54 Å². The molecule has 1 amide bonds. The lowest BCUT2D eigenvalue weighted by atomic mass is 10.0. The molecule has 6 N–H and O–H groups in total. The highest BCUT2D eigenvalue weighted by Gasteiger charge is 2.27. The van der Waals surface area contributed by atoms with E-state index in [9.17, 15) is 24.5 Å². The monoisotopic (exact) mass is 745 g/mol. The highest BCUT2D eigenvalue weighted by atomic mass is 31.2. The first kappa shape index (κ1) is 49.9. The molecule has 0 aliphatic heterocycles. The van der Waals surface area contributed by atoms with Crippen LogP contribution in [0.2, 0.25) is 0 Å². The fourth-order valence-corrected chi connectivity index (χ4v) is 6.89. The van der Waals surface area contributed by atoms with Crippen LogP contribution < -0.4 is 11.1 Å². The SMILES string of the molecule is CCCCCCCC/C=C/CC/C=C/C(O)C(COP(=O)(O)OCCN)NC(=O)CC(O)CCCCCCCCCCCCCCCCCCC. The van der Waals surface area contributed by atoms with E-state index in [2.05, 4.69) is 31.3 Å². The maximum atomic E-state index is 12.8. The van der Waals surface area contributed by atoms with E-state index in [0.717, 1.165) is 32.1 Å². The number of hydrogen-bond donors (Lipinski definition) is 5. The molecule has 4 unspecified atom stereocenters. The Morgan fingerprint density at radius 3 is 1.63 bits per heavy atom. The Bertz CT molecular complexity index is 873. The molecule has 0 heterocycles. The normalized spacial score (nSPS) is 15.0. The molecule has 0 fully saturated rings. The fraction of sp³-hybridized carbons (Fsp3) is 0.878. The van der Waals surface area contributed by atoms with Crippen LogP contribution in [0.25, 0.3) is 0 Å². The van der Waals surface area contributed by atoms with E-state index in [1.165, 1.54) is 128 Å². The number of amides is 1. The summed E-state index contributed by atoms with van der Waals surface area (Å²) in [7, 11) is -4.40. The zero-order chi connectivity index (χ0) is 37.7. The van der Waals surface area contributed by atoms with Gasteiger partial charge in [-0.1, -0.05) is 179 Å².